The Balaban J connectivity index is -0.0000000171. The van der Waals surface area contributed by atoms with Gasteiger partial charge in [0, 0.05) is 116 Å². The number of hydrogen-bond acceptors (Lipinski definition) is 2. The molecule has 0 aromatic carbocycles. The quantitative estimate of drug-likeness (QED) is 0.373. The Morgan fingerprint density at radius 1 is 1.18 bits per heavy atom. The van der Waals surface area contributed by atoms with Gasteiger partial charge in [-0.3, -0.25) is 0 Å². The Kier molecular flexibility index (Phi) is 61.6. The standard InChI is InChI=1S/CH4N2O.Cl3N.K.Na.H3P/c2-1(3)4;1-4(2)3;;;/h(H4,2,3,4);;;;1H3. The number of primary amides is 2. The van der Waals surface area contributed by atoms with E-state index in [1.807, 2.05) is 0 Å². The zero-order valence-corrected chi connectivity index (χ0v) is 15.2. The fraction of sp³-hybridized carbons (Fsp3) is 0. The Hall–Kier alpha value is 3.17. The molecule has 0 fully saturated rings. The summed E-state index contributed by atoms with van der Waals surface area (Å²) < 4.78 is 0.417. The minimum Gasteiger partial charge on any atom is -0.352 e. The molecule has 1 atom stereocenters. The average Bonchev–Trinajstić information content (AvgIpc) is 1.25. The van der Waals surface area contributed by atoms with E-state index in [1.165, 1.54) is 0 Å². The molecular weight excluding hydrogens is 269 g/mol. The molecule has 0 aromatic rings. The Morgan fingerprint density at radius 2 is 1.18 bits per heavy atom. The van der Waals surface area contributed by atoms with Gasteiger partial charge in [0.25, 0.3) is 0 Å². The summed E-state index contributed by atoms with van der Waals surface area (Å²) in [7, 11) is 0. The zero-order chi connectivity index (χ0) is 7.15. The van der Waals surface area contributed by atoms with Gasteiger partial charge in [-0.1, -0.05) is 0 Å². The van der Waals surface area contributed by atoms with Gasteiger partial charge in [0.05, 0.1) is 0 Å². The van der Waals surface area contributed by atoms with Crippen LogP contribution in [0.5, 0.6) is 0 Å². The van der Waals surface area contributed by atoms with Crippen LogP contribution in [0.4, 0.5) is 4.79 Å². The van der Waals surface area contributed by atoms with E-state index in [0.29, 0.717) is 3.46 Å². The molecular formula is CH7Cl3KN3NaOP. The molecule has 1 unspecified atom stereocenters. The predicted molar refractivity (Wildman–Crippen MR) is 55.8 cm³/mol. The monoisotopic (exact) mass is 275 g/mol. The molecule has 0 saturated heterocycles. The molecule has 60 valence electrons. The summed E-state index contributed by atoms with van der Waals surface area (Å²) in [5, 5.41) is 0. The number of urea groups is 1. The molecule has 2 radical (unpaired) electrons. The molecule has 11 heavy (non-hydrogen) atoms. The Bertz CT molecular complexity index is 72.8. The Morgan fingerprint density at radius 3 is 1.18 bits per heavy atom. The van der Waals surface area contributed by atoms with Crippen LogP contribution in [0.2, 0.25) is 0 Å². The minimum atomic E-state index is -0.833. The van der Waals surface area contributed by atoms with Crippen molar-refractivity contribution < 1.29 is 4.79 Å². The predicted octanol–water partition coefficient (Wildman–Crippen LogP) is 0.0701. The molecule has 4 nitrogen and oxygen atoms in total. The van der Waals surface area contributed by atoms with Gasteiger partial charge in [-0.15, -0.1) is 0 Å². The second kappa shape index (κ2) is 23.2. The van der Waals surface area contributed by atoms with E-state index in [-0.39, 0.29) is 90.8 Å². The summed E-state index contributed by atoms with van der Waals surface area (Å²) in [5.41, 5.74) is 8.50. The summed E-state index contributed by atoms with van der Waals surface area (Å²) in [4.78, 5) is 9.00. The van der Waals surface area contributed by atoms with Crippen LogP contribution >= 0.6 is 45.2 Å². The first-order chi connectivity index (χ1) is 3.46. The van der Waals surface area contributed by atoms with Crippen molar-refractivity contribution in [1.29, 1.82) is 0 Å². The maximum absolute atomic E-state index is 9.00. The van der Waals surface area contributed by atoms with Crippen molar-refractivity contribution in [1.82, 2.24) is 3.46 Å². The first-order valence-corrected chi connectivity index (χ1v) is 2.30. The second-order valence-corrected chi connectivity index (χ2v) is 2.13. The van der Waals surface area contributed by atoms with Crippen LogP contribution in [0.1, 0.15) is 0 Å². The molecule has 10 heteroatoms. The van der Waals surface area contributed by atoms with E-state index < -0.39 is 6.03 Å². The second-order valence-electron chi connectivity index (χ2n) is 0.594. The summed E-state index contributed by atoms with van der Waals surface area (Å²) in [5.74, 6) is 0. The zero-order valence-electron chi connectivity index (χ0n) is 6.35. The van der Waals surface area contributed by atoms with Crippen LogP contribution in [0, 0.1) is 0 Å². The van der Waals surface area contributed by atoms with E-state index in [2.05, 4.69) is 46.8 Å². The molecule has 0 rings (SSSR count). The van der Waals surface area contributed by atoms with Crippen molar-refractivity contribution in [2.24, 2.45) is 11.5 Å². The number of nitrogens with two attached hydrogens (primary N) is 2. The van der Waals surface area contributed by atoms with Crippen LogP contribution in [-0.2, 0) is 0 Å². The first kappa shape index (κ1) is 29.2. The normalized spacial score (nSPS) is 5.45. The van der Waals surface area contributed by atoms with Crippen LogP contribution < -0.4 is 11.5 Å². The summed E-state index contributed by atoms with van der Waals surface area (Å²) in [6.45, 7) is 0. The largest absolute Gasteiger partial charge is 0.352 e. The molecule has 0 aliphatic rings. The van der Waals surface area contributed by atoms with Gasteiger partial charge >= 0.3 is 6.03 Å². The number of carbonyl (C=O) groups is 1. The molecule has 2 amide bonds. The van der Waals surface area contributed by atoms with E-state index in [1.54, 1.807) is 0 Å². The van der Waals surface area contributed by atoms with Crippen molar-refractivity contribution in [3.8, 4) is 0 Å². The average molecular weight is 277 g/mol. The van der Waals surface area contributed by atoms with Crippen molar-refractivity contribution in [2.45, 2.75) is 0 Å². The molecule has 0 aromatic heterocycles. The summed E-state index contributed by atoms with van der Waals surface area (Å²) in [6, 6.07) is -0.833. The third kappa shape index (κ3) is 164. The third-order valence-corrected chi connectivity index (χ3v) is 0. The molecule has 0 saturated carbocycles. The van der Waals surface area contributed by atoms with Crippen LogP contribution in [0.3, 0.4) is 0 Å². The van der Waals surface area contributed by atoms with Crippen LogP contribution in [-0.4, -0.2) is 90.4 Å². The number of halogens is 3. The SMILES string of the molecule is ClN(Cl)Cl.NC(N)=O.P.[K].[Na]. The van der Waals surface area contributed by atoms with Crippen molar-refractivity contribution in [3.63, 3.8) is 0 Å². The Labute approximate surface area is 149 Å². The van der Waals surface area contributed by atoms with Crippen molar-refractivity contribution >= 4 is 132 Å². The summed E-state index contributed by atoms with van der Waals surface area (Å²) in [6.07, 6.45) is 0. The molecule has 0 aliphatic heterocycles. The van der Waals surface area contributed by atoms with Crippen LogP contribution in [0.25, 0.3) is 0 Å². The first-order valence-electron chi connectivity index (χ1n) is 1.29. The van der Waals surface area contributed by atoms with Gasteiger partial charge in [-0.25, -0.2) is 4.79 Å². The van der Waals surface area contributed by atoms with Crippen molar-refractivity contribution in [2.75, 3.05) is 0 Å². The number of carbonyl (C=O) groups excluding carboxylic acids is 1. The minimum absolute atomic E-state index is 0. The van der Waals surface area contributed by atoms with Crippen LogP contribution in [0.15, 0.2) is 0 Å². The molecule has 0 bridgehead atoms. The van der Waals surface area contributed by atoms with Gasteiger partial charge < -0.3 is 11.5 Å². The maximum atomic E-state index is 9.00. The van der Waals surface area contributed by atoms with E-state index in [0.717, 1.165) is 0 Å². The van der Waals surface area contributed by atoms with E-state index in [4.69, 9.17) is 4.79 Å². The smallest absolute Gasteiger partial charge is 0.309 e. The van der Waals surface area contributed by atoms with Gasteiger partial charge in [-0.05, 0) is 3.46 Å². The van der Waals surface area contributed by atoms with E-state index in [9.17, 15) is 0 Å². The molecule has 0 spiro atoms. The molecule has 0 heterocycles. The van der Waals surface area contributed by atoms with Gasteiger partial charge in [-0.2, -0.15) is 9.90 Å². The summed E-state index contributed by atoms with van der Waals surface area (Å²) >= 11 is 13.9. The number of rotatable bonds is 0. The topological polar surface area (TPSA) is 72.3 Å². The maximum Gasteiger partial charge on any atom is 0.309 e. The van der Waals surface area contributed by atoms with Crippen molar-refractivity contribution in [3.05, 3.63) is 0 Å². The number of nitrogens with zero attached hydrogens (tertiary/aromatic N) is 1. The van der Waals surface area contributed by atoms with Gasteiger partial charge in [0.2, 0.25) is 0 Å². The van der Waals surface area contributed by atoms with E-state index >= 15 is 0 Å². The fourth-order valence-electron chi connectivity index (χ4n) is 0. The third-order valence-electron chi connectivity index (χ3n) is 0. The molecule has 4 N–H and O–H groups in total. The number of amides is 2. The number of hydrogen-bond donors (Lipinski definition) is 2. The molecule has 0 aliphatic carbocycles. The fourth-order valence-corrected chi connectivity index (χ4v) is 0. The van der Waals surface area contributed by atoms with Gasteiger partial charge in [0.15, 0.2) is 0 Å². The van der Waals surface area contributed by atoms with Gasteiger partial charge in [0.1, 0.15) is 0 Å².